The molecule has 0 radical (unpaired) electrons. The average molecular weight is 383 g/mol. The summed E-state index contributed by atoms with van der Waals surface area (Å²) in [6.07, 6.45) is 4.33. The summed E-state index contributed by atoms with van der Waals surface area (Å²) in [5.74, 6) is 3.02. The van der Waals surface area contributed by atoms with Crippen LogP contribution in [0.2, 0.25) is 0 Å². The van der Waals surface area contributed by atoms with E-state index < -0.39 is 0 Å². The van der Waals surface area contributed by atoms with E-state index in [4.69, 9.17) is 4.74 Å². The lowest BCUT2D eigenvalue weighted by Crippen LogP contribution is -2.41. The van der Waals surface area contributed by atoms with Crippen LogP contribution in [0, 0.1) is 0 Å². The molecular formula is C21H29N5O2. The van der Waals surface area contributed by atoms with Crippen molar-refractivity contribution in [3.05, 3.63) is 41.5 Å². The van der Waals surface area contributed by atoms with Gasteiger partial charge in [-0.05, 0) is 44.4 Å². The van der Waals surface area contributed by atoms with Gasteiger partial charge in [-0.2, -0.15) is 0 Å². The van der Waals surface area contributed by atoms with Crippen LogP contribution in [0.15, 0.2) is 24.3 Å². The predicted octanol–water partition coefficient (Wildman–Crippen LogP) is 2.42. The maximum Gasteiger partial charge on any atom is 0.223 e. The zero-order valence-corrected chi connectivity index (χ0v) is 16.8. The van der Waals surface area contributed by atoms with E-state index in [-0.39, 0.29) is 11.9 Å². The van der Waals surface area contributed by atoms with Gasteiger partial charge in [-0.15, -0.1) is 10.2 Å². The molecule has 1 atom stereocenters. The molecule has 2 aliphatic rings. The molecule has 1 amide bonds. The van der Waals surface area contributed by atoms with Gasteiger partial charge >= 0.3 is 0 Å². The number of hydrogen-bond donors (Lipinski definition) is 0. The normalized spacial score (nSPS) is 20.1. The molecule has 0 N–H and O–H groups in total. The van der Waals surface area contributed by atoms with Crippen LogP contribution in [0.5, 0.6) is 5.75 Å². The Morgan fingerprint density at radius 1 is 1.18 bits per heavy atom. The SMILES string of the molecule is COc1ccccc1CCC(=O)N1CCCC[C@H]1c1nnc2n1CCN(C)C2. The topological polar surface area (TPSA) is 63.5 Å². The lowest BCUT2D eigenvalue weighted by atomic mass is 9.99. The number of rotatable bonds is 5. The standard InChI is InChI=1S/C21H29N5O2/c1-24-13-14-26-19(15-24)22-23-21(26)17-8-5-6-12-25(17)20(27)11-10-16-7-3-4-9-18(16)28-2/h3-4,7,9,17H,5-6,8,10-15H2,1-2H3/t17-/m0/s1. The fourth-order valence-corrected chi connectivity index (χ4v) is 4.34. The molecule has 2 aliphatic heterocycles. The Morgan fingerprint density at radius 3 is 2.89 bits per heavy atom. The highest BCUT2D eigenvalue weighted by atomic mass is 16.5. The summed E-state index contributed by atoms with van der Waals surface area (Å²) in [5, 5.41) is 8.92. The number of methoxy groups -OCH3 is 1. The minimum Gasteiger partial charge on any atom is -0.496 e. The fourth-order valence-electron chi connectivity index (χ4n) is 4.34. The Morgan fingerprint density at radius 2 is 2.04 bits per heavy atom. The number of hydrogen-bond acceptors (Lipinski definition) is 5. The molecule has 150 valence electrons. The van der Waals surface area contributed by atoms with Crippen molar-refractivity contribution in [3.8, 4) is 5.75 Å². The molecule has 1 aromatic carbocycles. The van der Waals surface area contributed by atoms with Crippen molar-refractivity contribution in [2.24, 2.45) is 0 Å². The van der Waals surface area contributed by atoms with Gasteiger partial charge in [0.1, 0.15) is 11.6 Å². The third kappa shape index (κ3) is 3.76. The molecule has 0 bridgehead atoms. The quantitative estimate of drug-likeness (QED) is 0.793. The van der Waals surface area contributed by atoms with E-state index in [1.54, 1.807) is 7.11 Å². The van der Waals surface area contributed by atoms with Crippen molar-refractivity contribution in [3.63, 3.8) is 0 Å². The minimum absolute atomic E-state index is 0.0450. The van der Waals surface area contributed by atoms with Crippen molar-refractivity contribution < 1.29 is 9.53 Å². The largest absolute Gasteiger partial charge is 0.496 e. The van der Waals surface area contributed by atoms with Gasteiger partial charge < -0.3 is 14.2 Å². The highest BCUT2D eigenvalue weighted by Crippen LogP contribution is 2.32. The van der Waals surface area contributed by atoms with Gasteiger partial charge in [-0.3, -0.25) is 9.69 Å². The first-order valence-electron chi connectivity index (χ1n) is 10.2. The van der Waals surface area contributed by atoms with Crippen molar-refractivity contribution in [1.29, 1.82) is 0 Å². The number of fused-ring (bicyclic) bond motifs is 1. The van der Waals surface area contributed by atoms with Crippen molar-refractivity contribution in [2.45, 2.75) is 51.2 Å². The number of para-hydroxylation sites is 1. The van der Waals surface area contributed by atoms with E-state index >= 15 is 0 Å². The molecule has 7 heteroatoms. The number of piperidine rings is 1. The van der Waals surface area contributed by atoms with Crippen molar-refractivity contribution >= 4 is 5.91 Å². The Bertz CT molecular complexity index is 834. The molecule has 1 fully saturated rings. The maximum atomic E-state index is 13.1. The van der Waals surface area contributed by atoms with Crippen LogP contribution in [-0.2, 0) is 24.3 Å². The second kappa shape index (κ2) is 8.31. The summed E-state index contributed by atoms with van der Waals surface area (Å²) < 4.78 is 7.66. The number of ether oxygens (including phenoxy) is 1. The zero-order valence-electron chi connectivity index (χ0n) is 16.8. The van der Waals surface area contributed by atoms with Crippen LogP contribution < -0.4 is 4.74 Å². The fraction of sp³-hybridized carbons (Fsp3) is 0.571. The van der Waals surface area contributed by atoms with Crippen LogP contribution in [0.3, 0.4) is 0 Å². The predicted molar refractivity (Wildman–Crippen MR) is 106 cm³/mol. The molecule has 4 rings (SSSR count). The number of carbonyl (C=O) groups is 1. The molecule has 2 aromatic rings. The van der Waals surface area contributed by atoms with Gasteiger partial charge in [0.2, 0.25) is 5.91 Å². The molecule has 0 spiro atoms. The van der Waals surface area contributed by atoms with E-state index in [1.807, 2.05) is 29.2 Å². The summed E-state index contributed by atoms with van der Waals surface area (Å²) in [6.45, 7) is 3.51. The smallest absolute Gasteiger partial charge is 0.223 e. The number of benzene rings is 1. The molecule has 1 aromatic heterocycles. The number of nitrogens with zero attached hydrogens (tertiary/aromatic N) is 5. The summed E-state index contributed by atoms with van der Waals surface area (Å²) in [7, 11) is 3.78. The van der Waals surface area contributed by atoms with Gasteiger partial charge in [-0.1, -0.05) is 18.2 Å². The first-order valence-corrected chi connectivity index (χ1v) is 10.2. The molecule has 0 aliphatic carbocycles. The second-order valence-electron chi connectivity index (χ2n) is 7.77. The Labute approximate surface area is 166 Å². The first-order chi connectivity index (χ1) is 13.7. The van der Waals surface area contributed by atoms with Crippen LogP contribution in [0.1, 0.15) is 48.9 Å². The van der Waals surface area contributed by atoms with E-state index in [0.29, 0.717) is 12.8 Å². The lowest BCUT2D eigenvalue weighted by molar-refractivity contribution is -0.135. The van der Waals surface area contributed by atoms with Crippen LogP contribution in [-0.4, -0.2) is 57.7 Å². The van der Waals surface area contributed by atoms with Gasteiger partial charge in [0, 0.05) is 26.1 Å². The van der Waals surface area contributed by atoms with Crippen LogP contribution >= 0.6 is 0 Å². The van der Waals surface area contributed by atoms with E-state index in [9.17, 15) is 4.79 Å². The number of likely N-dealkylation sites (N-methyl/N-ethyl adjacent to an activating group) is 1. The van der Waals surface area contributed by atoms with E-state index in [2.05, 4.69) is 26.7 Å². The van der Waals surface area contributed by atoms with Gasteiger partial charge in [0.05, 0.1) is 19.7 Å². The Balaban J connectivity index is 1.49. The molecule has 0 unspecified atom stereocenters. The third-order valence-electron chi connectivity index (χ3n) is 5.89. The van der Waals surface area contributed by atoms with Crippen LogP contribution in [0.4, 0.5) is 0 Å². The van der Waals surface area contributed by atoms with Crippen molar-refractivity contribution in [1.82, 2.24) is 24.6 Å². The third-order valence-corrected chi connectivity index (χ3v) is 5.89. The molecular weight excluding hydrogens is 354 g/mol. The Kier molecular flexibility index (Phi) is 5.62. The first kappa shape index (κ1) is 18.9. The molecule has 0 saturated carbocycles. The number of amides is 1. The summed E-state index contributed by atoms with van der Waals surface area (Å²) in [6, 6.07) is 7.97. The van der Waals surface area contributed by atoms with Crippen molar-refractivity contribution in [2.75, 3.05) is 27.2 Å². The number of aromatic nitrogens is 3. The van der Waals surface area contributed by atoms with Gasteiger partial charge in [0.15, 0.2) is 5.82 Å². The highest BCUT2D eigenvalue weighted by Gasteiger charge is 2.33. The van der Waals surface area contributed by atoms with Gasteiger partial charge in [-0.25, -0.2) is 0 Å². The highest BCUT2D eigenvalue weighted by molar-refractivity contribution is 5.77. The molecule has 28 heavy (non-hydrogen) atoms. The summed E-state index contributed by atoms with van der Waals surface area (Å²) >= 11 is 0. The molecule has 7 nitrogen and oxygen atoms in total. The minimum atomic E-state index is 0.0450. The van der Waals surface area contributed by atoms with Crippen LogP contribution in [0.25, 0.3) is 0 Å². The molecule has 1 saturated heterocycles. The maximum absolute atomic E-state index is 13.1. The lowest BCUT2D eigenvalue weighted by Gasteiger charge is -2.36. The molecule has 3 heterocycles. The second-order valence-corrected chi connectivity index (χ2v) is 7.77. The van der Waals surface area contributed by atoms with Gasteiger partial charge in [0.25, 0.3) is 0 Å². The summed E-state index contributed by atoms with van der Waals surface area (Å²) in [4.78, 5) is 17.4. The average Bonchev–Trinajstić information content (AvgIpc) is 3.15. The van der Waals surface area contributed by atoms with E-state index in [1.165, 1.54) is 0 Å². The van der Waals surface area contributed by atoms with E-state index in [0.717, 1.165) is 68.4 Å². The zero-order chi connectivity index (χ0) is 19.5. The number of aryl methyl sites for hydroxylation is 1. The number of likely N-dealkylation sites (tertiary alicyclic amines) is 1. The monoisotopic (exact) mass is 383 g/mol. The summed E-state index contributed by atoms with van der Waals surface area (Å²) in [5.41, 5.74) is 1.08. The Hall–Kier alpha value is -2.41. The number of carbonyl (C=O) groups excluding carboxylic acids is 1.